The third-order valence-electron chi connectivity index (χ3n) is 3.94. The molecule has 1 amide bonds. The first-order valence-corrected chi connectivity index (χ1v) is 6.41. The summed E-state index contributed by atoms with van der Waals surface area (Å²) in [6, 6.07) is 0.389. The first kappa shape index (κ1) is 11.9. The van der Waals surface area contributed by atoms with Crippen molar-refractivity contribution in [2.24, 2.45) is 17.6 Å². The number of rotatable bonds is 4. The summed E-state index contributed by atoms with van der Waals surface area (Å²) in [5.41, 5.74) is 5.53. The highest BCUT2D eigenvalue weighted by molar-refractivity contribution is 5.76. The van der Waals surface area contributed by atoms with Crippen LogP contribution in [0.15, 0.2) is 0 Å². The molecule has 0 radical (unpaired) electrons. The highest BCUT2D eigenvalue weighted by Crippen LogP contribution is 2.27. The van der Waals surface area contributed by atoms with Gasteiger partial charge in [0.1, 0.15) is 0 Å². The number of nitrogens with two attached hydrogens (primary N) is 1. The van der Waals surface area contributed by atoms with E-state index in [9.17, 15) is 4.79 Å². The van der Waals surface area contributed by atoms with E-state index in [1.807, 2.05) is 6.92 Å². The van der Waals surface area contributed by atoms with Crippen LogP contribution in [-0.2, 0) is 4.79 Å². The van der Waals surface area contributed by atoms with Gasteiger partial charge in [0.05, 0.1) is 0 Å². The van der Waals surface area contributed by atoms with Gasteiger partial charge in [-0.1, -0.05) is 6.92 Å². The molecule has 0 aromatic rings. The average Bonchev–Trinajstić information content (AvgIpc) is 2.30. The van der Waals surface area contributed by atoms with Crippen molar-refractivity contribution in [3.8, 4) is 0 Å². The van der Waals surface area contributed by atoms with Crippen LogP contribution in [0.2, 0.25) is 0 Å². The number of hydrogen-bond acceptors (Lipinski definition) is 3. The van der Waals surface area contributed by atoms with Gasteiger partial charge in [-0.25, -0.2) is 0 Å². The maximum Gasteiger partial charge on any atom is 0.220 e. The second-order valence-corrected chi connectivity index (χ2v) is 5.36. The van der Waals surface area contributed by atoms with Gasteiger partial charge in [0.2, 0.25) is 5.91 Å². The Morgan fingerprint density at radius 3 is 2.69 bits per heavy atom. The molecule has 3 rings (SSSR count). The molecular weight excluding hydrogens is 202 g/mol. The van der Waals surface area contributed by atoms with Crippen molar-refractivity contribution in [3.63, 3.8) is 0 Å². The molecule has 2 bridgehead atoms. The van der Waals surface area contributed by atoms with Crippen molar-refractivity contribution in [2.45, 2.75) is 32.2 Å². The molecule has 16 heavy (non-hydrogen) atoms. The Balaban J connectivity index is 1.79. The summed E-state index contributed by atoms with van der Waals surface area (Å²) < 4.78 is 0. The van der Waals surface area contributed by atoms with Crippen molar-refractivity contribution < 1.29 is 4.79 Å². The van der Waals surface area contributed by atoms with E-state index in [-0.39, 0.29) is 5.91 Å². The van der Waals surface area contributed by atoms with Crippen LogP contribution in [0.4, 0.5) is 0 Å². The number of carbonyl (C=O) groups excluding carboxylic acids is 1. The van der Waals surface area contributed by atoms with Crippen LogP contribution >= 0.6 is 0 Å². The Hall–Kier alpha value is -0.610. The third-order valence-corrected chi connectivity index (χ3v) is 3.94. The van der Waals surface area contributed by atoms with Gasteiger partial charge in [-0.15, -0.1) is 0 Å². The average molecular weight is 225 g/mol. The highest BCUT2D eigenvalue weighted by Gasteiger charge is 2.34. The molecule has 4 heteroatoms. The molecule has 3 heterocycles. The van der Waals surface area contributed by atoms with Gasteiger partial charge in [-0.05, 0) is 44.3 Å². The predicted molar refractivity (Wildman–Crippen MR) is 63.9 cm³/mol. The Bertz CT molecular complexity index is 249. The van der Waals surface area contributed by atoms with Crippen molar-refractivity contribution in [2.75, 3.05) is 26.2 Å². The highest BCUT2D eigenvalue weighted by atomic mass is 16.1. The number of nitrogens with zero attached hydrogens (tertiary/aromatic N) is 1. The van der Waals surface area contributed by atoms with E-state index in [0.29, 0.717) is 30.8 Å². The Morgan fingerprint density at radius 1 is 1.50 bits per heavy atom. The molecule has 0 saturated carbocycles. The minimum atomic E-state index is 0.177. The summed E-state index contributed by atoms with van der Waals surface area (Å²) >= 11 is 0. The third kappa shape index (κ3) is 2.74. The minimum absolute atomic E-state index is 0.177. The number of fused-ring (bicyclic) bond motifs is 3. The molecule has 4 nitrogen and oxygen atoms in total. The molecule has 92 valence electrons. The molecule has 0 spiro atoms. The van der Waals surface area contributed by atoms with Crippen LogP contribution in [0.3, 0.4) is 0 Å². The number of nitrogens with one attached hydrogen (secondary N) is 1. The largest absolute Gasteiger partial charge is 0.352 e. The Labute approximate surface area is 97.6 Å². The summed E-state index contributed by atoms with van der Waals surface area (Å²) in [5.74, 6) is 1.18. The number of amides is 1. The number of hydrogen-bond donors (Lipinski definition) is 2. The van der Waals surface area contributed by atoms with E-state index in [0.717, 1.165) is 6.54 Å². The van der Waals surface area contributed by atoms with Gasteiger partial charge in [0.25, 0.3) is 0 Å². The lowest BCUT2D eigenvalue weighted by Crippen LogP contribution is -2.57. The fourth-order valence-electron chi connectivity index (χ4n) is 2.79. The van der Waals surface area contributed by atoms with Crippen LogP contribution in [0.1, 0.15) is 26.2 Å². The minimum Gasteiger partial charge on any atom is -0.352 e. The number of carbonyl (C=O) groups is 1. The molecular formula is C12H23N3O. The SMILES string of the molecule is CC(CN)CC(=O)NC1CN2CCC1CC2. The topological polar surface area (TPSA) is 58.4 Å². The lowest BCUT2D eigenvalue weighted by atomic mass is 9.84. The van der Waals surface area contributed by atoms with Crippen molar-refractivity contribution in [1.29, 1.82) is 0 Å². The zero-order valence-electron chi connectivity index (χ0n) is 10.1. The number of piperidine rings is 3. The van der Waals surface area contributed by atoms with Crippen LogP contribution < -0.4 is 11.1 Å². The van der Waals surface area contributed by atoms with Gasteiger partial charge in [-0.2, -0.15) is 0 Å². The first-order valence-electron chi connectivity index (χ1n) is 6.41. The molecule has 2 atom stereocenters. The van der Waals surface area contributed by atoms with E-state index >= 15 is 0 Å². The molecule has 0 aliphatic carbocycles. The normalized spacial score (nSPS) is 34.8. The summed E-state index contributed by atoms with van der Waals surface area (Å²) in [7, 11) is 0. The quantitative estimate of drug-likeness (QED) is 0.717. The molecule has 3 aliphatic heterocycles. The lowest BCUT2D eigenvalue weighted by Gasteiger charge is -2.45. The van der Waals surface area contributed by atoms with Crippen LogP contribution in [0, 0.1) is 11.8 Å². The summed E-state index contributed by atoms with van der Waals surface area (Å²) in [4.78, 5) is 14.2. The summed E-state index contributed by atoms with van der Waals surface area (Å²) in [6.45, 7) is 6.10. The summed E-state index contributed by atoms with van der Waals surface area (Å²) in [5, 5.41) is 3.18. The van der Waals surface area contributed by atoms with E-state index in [1.54, 1.807) is 0 Å². The molecule has 2 unspecified atom stereocenters. The molecule has 0 aromatic heterocycles. The van der Waals surface area contributed by atoms with E-state index < -0.39 is 0 Å². The maximum atomic E-state index is 11.8. The van der Waals surface area contributed by atoms with Crippen molar-refractivity contribution >= 4 is 5.91 Å². The van der Waals surface area contributed by atoms with Gasteiger partial charge in [0, 0.05) is 19.0 Å². The monoisotopic (exact) mass is 225 g/mol. The van der Waals surface area contributed by atoms with E-state index in [2.05, 4.69) is 10.2 Å². The zero-order chi connectivity index (χ0) is 11.5. The summed E-state index contributed by atoms with van der Waals surface area (Å²) in [6.07, 6.45) is 3.06. The fourth-order valence-corrected chi connectivity index (χ4v) is 2.79. The van der Waals surface area contributed by atoms with Crippen LogP contribution in [0.5, 0.6) is 0 Å². The predicted octanol–water partition coefficient (Wildman–Crippen LogP) is 0.182. The molecule has 3 fully saturated rings. The van der Waals surface area contributed by atoms with E-state index in [4.69, 9.17) is 5.73 Å². The second kappa shape index (κ2) is 5.15. The fraction of sp³-hybridized carbons (Fsp3) is 0.917. The first-order chi connectivity index (χ1) is 7.69. The van der Waals surface area contributed by atoms with E-state index in [1.165, 1.54) is 25.9 Å². The molecule has 3 aliphatic rings. The lowest BCUT2D eigenvalue weighted by molar-refractivity contribution is -0.123. The Morgan fingerprint density at radius 2 is 2.19 bits per heavy atom. The maximum absolute atomic E-state index is 11.8. The Kier molecular flexibility index (Phi) is 3.82. The molecule has 3 saturated heterocycles. The van der Waals surface area contributed by atoms with Gasteiger partial charge >= 0.3 is 0 Å². The standard InChI is InChI=1S/C12H23N3O/c1-9(7-13)6-12(16)14-11-8-15-4-2-10(11)3-5-15/h9-11H,2-8,13H2,1H3,(H,14,16). The van der Waals surface area contributed by atoms with Gasteiger partial charge < -0.3 is 16.0 Å². The molecule has 3 N–H and O–H groups in total. The second-order valence-electron chi connectivity index (χ2n) is 5.36. The van der Waals surface area contributed by atoms with Crippen LogP contribution in [-0.4, -0.2) is 43.0 Å². The smallest absolute Gasteiger partial charge is 0.220 e. The van der Waals surface area contributed by atoms with Crippen molar-refractivity contribution in [3.05, 3.63) is 0 Å². The van der Waals surface area contributed by atoms with Crippen LogP contribution in [0.25, 0.3) is 0 Å². The van der Waals surface area contributed by atoms with Gasteiger partial charge in [0.15, 0.2) is 0 Å². The van der Waals surface area contributed by atoms with Gasteiger partial charge in [-0.3, -0.25) is 4.79 Å². The zero-order valence-corrected chi connectivity index (χ0v) is 10.1. The molecule has 0 aromatic carbocycles. The van der Waals surface area contributed by atoms with Crippen molar-refractivity contribution in [1.82, 2.24) is 10.2 Å².